The molecule has 0 spiro atoms. The van der Waals surface area contributed by atoms with Crippen LogP contribution in [-0.4, -0.2) is 35.6 Å². The number of para-hydroxylation sites is 1. The van der Waals surface area contributed by atoms with Crippen LogP contribution in [-0.2, 0) is 11.8 Å². The molecule has 0 saturated heterocycles. The van der Waals surface area contributed by atoms with Gasteiger partial charge in [-0.1, -0.05) is 18.2 Å². The zero-order valence-corrected chi connectivity index (χ0v) is 20.4. The summed E-state index contributed by atoms with van der Waals surface area (Å²) in [4.78, 5) is 25.9. The van der Waals surface area contributed by atoms with Gasteiger partial charge in [-0.3, -0.25) is 9.59 Å². The van der Waals surface area contributed by atoms with Gasteiger partial charge in [0, 0.05) is 41.2 Å². The van der Waals surface area contributed by atoms with Crippen molar-refractivity contribution in [1.82, 2.24) is 4.57 Å². The Morgan fingerprint density at radius 3 is 2.49 bits per heavy atom. The van der Waals surface area contributed by atoms with Gasteiger partial charge in [-0.25, -0.2) is 0 Å². The van der Waals surface area contributed by atoms with E-state index in [2.05, 4.69) is 0 Å². The fourth-order valence-corrected chi connectivity index (χ4v) is 5.14. The van der Waals surface area contributed by atoms with Crippen molar-refractivity contribution < 1.29 is 33.6 Å². The number of aromatic nitrogens is 1. The minimum atomic E-state index is -0.515. The Hall–Kier alpha value is -4.72. The average Bonchev–Trinajstić information content (AvgIpc) is 3.39. The lowest BCUT2D eigenvalue weighted by Crippen LogP contribution is -2.21. The molecule has 4 aromatic rings. The van der Waals surface area contributed by atoms with Crippen LogP contribution in [0, 0.1) is 0 Å². The minimum Gasteiger partial charge on any atom is -0.502 e. The third-order valence-corrected chi connectivity index (χ3v) is 6.90. The van der Waals surface area contributed by atoms with Crippen molar-refractivity contribution in [3.8, 4) is 28.7 Å². The van der Waals surface area contributed by atoms with Gasteiger partial charge >= 0.3 is 5.97 Å². The quantitative estimate of drug-likeness (QED) is 0.242. The van der Waals surface area contributed by atoms with E-state index in [1.54, 1.807) is 30.3 Å². The molecule has 0 amide bonds. The molecule has 0 radical (unpaired) electrons. The van der Waals surface area contributed by atoms with Crippen LogP contribution in [0.3, 0.4) is 0 Å². The fraction of sp³-hybridized carbons (Fsp3) is 0.172. The molecule has 1 N–H and O–H groups in total. The van der Waals surface area contributed by atoms with Gasteiger partial charge in [0.05, 0.1) is 26.2 Å². The van der Waals surface area contributed by atoms with Crippen molar-refractivity contribution in [3.05, 3.63) is 82.7 Å². The number of carbonyl (C=O) groups excluding carboxylic acids is 2. The van der Waals surface area contributed by atoms with E-state index in [0.29, 0.717) is 28.2 Å². The van der Waals surface area contributed by atoms with Gasteiger partial charge in [-0.05, 0) is 42.0 Å². The van der Waals surface area contributed by atoms with Gasteiger partial charge in [0.25, 0.3) is 0 Å². The molecule has 1 aromatic heterocycles. The Kier molecular flexibility index (Phi) is 5.19. The fourth-order valence-electron chi connectivity index (χ4n) is 5.14. The second kappa shape index (κ2) is 8.44. The molecule has 3 aromatic carbocycles. The van der Waals surface area contributed by atoms with Crippen LogP contribution in [0.1, 0.15) is 39.4 Å². The van der Waals surface area contributed by atoms with E-state index in [9.17, 15) is 14.7 Å². The molecule has 2 aliphatic heterocycles. The lowest BCUT2D eigenvalue weighted by atomic mass is 9.84. The number of phenolic OH excluding ortho intramolecular Hbond substituents is 1. The number of aryl methyl sites for hydroxylation is 1. The van der Waals surface area contributed by atoms with E-state index in [4.69, 9.17) is 18.9 Å². The molecule has 8 heteroatoms. The summed E-state index contributed by atoms with van der Waals surface area (Å²) in [5.41, 5.74) is 3.53. The molecule has 3 heterocycles. The van der Waals surface area contributed by atoms with Gasteiger partial charge in [-0.2, -0.15) is 0 Å². The number of methoxy groups -OCH3 is 2. The number of aromatic hydroxyl groups is 1. The third kappa shape index (κ3) is 3.52. The van der Waals surface area contributed by atoms with E-state index in [1.165, 1.54) is 14.2 Å². The maximum absolute atomic E-state index is 13.4. The molecule has 6 rings (SSSR count). The maximum atomic E-state index is 13.4. The first-order valence-electron chi connectivity index (χ1n) is 11.7. The van der Waals surface area contributed by atoms with Crippen LogP contribution in [0.25, 0.3) is 17.0 Å². The summed E-state index contributed by atoms with van der Waals surface area (Å²) < 4.78 is 24.4. The van der Waals surface area contributed by atoms with Crippen LogP contribution in [0.15, 0.2) is 60.5 Å². The molecule has 0 fully saturated rings. The van der Waals surface area contributed by atoms with Crippen LogP contribution >= 0.6 is 0 Å². The highest BCUT2D eigenvalue weighted by Gasteiger charge is 2.39. The zero-order valence-electron chi connectivity index (χ0n) is 20.4. The second-order valence-corrected chi connectivity index (χ2v) is 9.01. The van der Waals surface area contributed by atoms with E-state index in [1.807, 2.05) is 42.1 Å². The van der Waals surface area contributed by atoms with Gasteiger partial charge in [0.1, 0.15) is 11.5 Å². The minimum absolute atomic E-state index is 0.0143. The van der Waals surface area contributed by atoms with E-state index in [-0.39, 0.29) is 35.2 Å². The Morgan fingerprint density at radius 2 is 1.76 bits per heavy atom. The summed E-state index contributed by atoms with van der Waals surface area (Å²) in [6.07, 6.45) is 3.71. The van der Waals surface area contributed by atoms with Gasteiger partial charge in [0.15, 0.2) is 17.3 Å². The molecule has 0 bridgehead atoms. The summed E-state index contributed by atoms with van der Waals surface area (Å²) in [6, 6.07) is 14.5. The van der Waals surface area contributed by atoms with Crippen LogP contribution in [0.2, 0.25) is 0 Å². The van der Waals surface area contributed by atoms with Crippen LogP contribution < -0.4 is 18.9 Å². The van der Waals surface area contributed by atoms with Crippen molar-refractivity contribution in [2.75, 3.05) is 14.2 Å². The monoisotopic (exact) mass is 497 g/mol. The summed E-state index contributed by atoms with van der Waals surface area (Å²) in [7, 11) is 4.82. The lowest BCUT2D eigenvalue weighted by Gasteiger charge is -2.27. The summed E-state index contributed by atoms with van der Waals surface area (Å²) in [5.74, 6) is -0.0378. The smallest absolute Gasteiger partial charge is 0.312 e. The predicted molar refractivity (Wildman–Crippen MR) is 136 cm³/mol. The van der Waals surface area contributed by atoms with Gasteiger partial charge in [0.2, 0.25) is 11.5 Å². The maximum Gasteiger partial charge on any atom is 0.312 e. The first kappa shape index (κ1) is 22.7. The number of ketones is 1. The molecular weight excluding hydrogens is 474 g/mol. The lowest BCUT2D eigenvalue weighted by molar-refractivity contribution is -0.135. The first-order valence-corrected chi connectivity index (χ1v) is 11.7. The number of Topliss-reactive ketones (excluding diaryl/α,β-unsaturated/α-hetero) is 1. The zero-order chi connectivity index (χ0) is 25.8. The van der Waals surface area contributed by atoms with E-state index in [0.717, 1.165) is 16.5 Å². The highest BCUT2D eigenvalue weighted by Crippen LogP contribution is 2.51. The van der Waals surface area contributed by atoms with Gasteiger partial charge in [-0.15, -0.1) is 0 Å². The summed E-state index contributed by atoms with van der Waals surface area (Å²) in [5, 5.41) is 11.4. The van der Waals surface area contributed by atoms with Crippen molar-refractivity contribution in [1.29, 1.82) is 0 Å². The van der Waals surface area contributed by atoms with Crippen molar-refractivity contribution in [3.63, 3.8) is 0 Å². The van der Waals surface area contributed by atoms with Crippen molar-refractivity contribution in [2.24, 2.45) is 7.05 Å². The molecule has 2 aliphatic rings. The number of nitrogens with zero attached hydrogens (tertiary/aromatic N) is 1. The number of carbonyl (C=O) groups is 2. The van der Waals surface area contributed by atoms with E-state index >= 15 is 0 Å². The SMILES string of the molecule is COc1cc([C@H]2CC(=O)Oc3ccc4c(c32)O/C(=C\c2cn(C)c3ccccc23)C4=O)cc(OC)c1O. The molecular formula is C29H23NO7. The number of hydrogen-bond donors (Lipinski definition) is 1. The average molecular weight is 498 g/mol. The van der Waals surface area contributed by atoms with Crippen molar-refractivity contribution in [2.45, 2.75) is 12.3 Å². The Labute approximate surface area is 212 Å². The second-order valence-electron chi connectivity index (χ2n) is 9.01. The number of phenols is 1. The number of allylic oxidation sites excluding steroid dienone is 1. The molecule has 186 valence electrons. The highest BCUT2D eigenvalue weighted by atomic mass is 16.5. The van der Waals surface area contributed by atoms with Crippen LogP contribution in [0.5, 0.6) is 28.7 Å². The van der Waals surface area contributed by atoms with E-state index < -0.39 is 11.9 Å². The normalized spacial score (nSPS) is 17.4. The Morgan fingerprint density at radius 1 is 1.03 bits per heavy atom. The molecule has 37 heavy (non-hydrogen) atoms. The van der Waals surface area contributed by atoms with Crippen LogP contribution in [0.4, 0.5) is 0 Å². The first-order chi connectivity index (χ1) is 17.9. The number of rotatable bonds is 4. The molecule has 0 unspecified atom stereocenters. The topological polar surface area (TPSA) is 96.2 Å². The third-order valence-electron chi connectivity index (χ3n) is 6.90. The number of benzene rings is 3. The molecule has 1 atom stereocenters. The highest BCUT2D eigenvalue weighted by molar-refractivity contribution is 6.15. The predicted octanol–water partition coefficient (Wildman–Crippen LogP) is 4.96. The molecule has 0 saturated carbocycles. The standard InChI is InChI=1S/C29H23NO7/c1-30-14-16(17-6-4-5-7-20(17)30)12-24-27(32)18-8-9-21-26(29(18)37-24)19(13-25(31)36-21)15-10-22(34-2)28(33)23(11-15)35-3/h4-12,14,19,33H,13H2,1-3H3/b24-12-/t19-/m1/s1. The summed E-state index contributed by atoms with van der Waals surface area (Å²) >= 11 is 0. The molecule has 0 aliphatic carbocycles. The van der Waals surface area contributed by atoms with Gasteiger partial charge < -0.3 is 28.6 Å². The van der Waals surface area contributed by atoms with Crippen molar-refractivity contribution >= 4 is 28.7 Å². The number of fused-ring (bicyclic) bond motifs is 4. The molecule has 8 nitrogen and oxygen atoms in total. The number of hydrogen-bond acceptors (Lipinski definition) is 7. The number of esters is 1. The summed E-state index contributed by atoms with van der Waals surface area (Å²) in [6.45, 7) is 0. The number of ether oxygens (including phenoxy) is 4. The Bertz CT molecular complexity index is 1620. The Balaban J connectivity index is 1.48. The largest absolute Gasteiger partial charge is 0.502 e.